The highest BCUT2D eigenvalue weighted by Gasteiger charge is 2.15. The Morgan fingerprint density at radius 3 is 2.72 bits per heavy atom. The second kappa shape index (κ2) is 5.28. The third-order valence-corrected chi connectivity index (χ3v) is 4.31. The van der Waals surface area contributed by atoms with Crippen LogP contribution in [0, 0.1) is 3.57 Å². The lowest BCUT2D eigenvalue weighted by Crippen LogP contribution is -2.33. The van der Waals surface area contributed by atoms with Crippen molar-refractivity contribution >= 4 is 28.3 Å². The fraction of sp³-hybridized carbons (Fsp3) is 0.200. The number of halogens is 1. The van der Waals surface area contributed by atoms with Crippen molar-refractivity contribution in [2.24, 2.45) is 0 Å². The predicted octanol–water partition coefficient (Wildman–Crippen LogP) is 3.68. The Kier molecular flexibility index (Phi) is 3.52. The van der Waals surface area contributed by atoms with Crippen LogP contribution in [-0.4, -0.2) is 11.6 Å². The minimum absolute atomic E-state index is 0.919. The van der Waals surface area contributed by atoms with Crippen molar-refractivity contribution in [1.82, 2.24) is 4.90 Å². The first-order valence-corrected chi connectivity index (χ1v) is 7.18. The molecule has 1 N–H and O–H groups in total. The first-order valence-electron chi connectivity index (χ1n) is 6.10. The van der Waals surface area contributed by atoms with E-state index >= 15 is 0 Å². The molecular weight excluding hydrogens is 335 g/mol. The molecule has 0 atom stereocenters. The van der Waals surface area contributed by atoms with Crippen LogP contribution >= 0.6 is 22.6 Å². The molecule has 0 aromatic heterocycles. The van der Waals surface area contributed by atoms with Gasteiger partial charge in [0.2, 0.25) is 0 Å². The largest absolute Gasteiger partial charge is 0.372 e. The smallest absolute Gasteiger partial charge is 0.0684 e. The number of para-hydroxylation sites is 1. The molecule has 2 aromatic carbocycles. The quantitative estimate of drug-likeness (QED) is 0.832. The van der Waals surface area contributed by atoms with Gasteiger partial charge in [0.1, 0.15) is 0 Å². The first-order chi connectivity index (χ1) is 8.83. The monoisotopic (exact) mass is 350 g/mol. The summed E-state index contributed by atoms with van der Waals surface area (Å²) in [6.45, 7) is 2.94. The summed E-state index contributed by atoms with van der Waals surface area (Å²) in [4.78, 5) is 2.43. The Balaban J connectivity index is 1.75. The Morgan fingerprint density at radius 1 is 1.06 bits per heavy atom. The minimum atomic E-state index is 0.919. The topological polar surface area (TPSA) is 15.3 Å². The maximum absolute atomic E-state index is 3.48. The second-order valence-electron chi connectivity index (χ2n) is 4.57. The summed E-state index contributed by atoms with van der Waals surface area (Å²) in [5.41, 5.74) is 4.06. The van der Waals surface area contributed by atoms with Crippen LogP contribution in [0.5, 0.6) is 0 Å². The second-order valence-corrected chi connectivity index (χ2v) is 5.73. The number of anilines is 1. The number of hydrogen-bond donors (Lipinski definition) is 1. The van der Waals surface area contributed by atoms with Gasteiger partial charge in [-0.05, 0) is 45.9 Å². The lowest BCUT2D eigenvalue weighted by atomic mass is 10.1. The van der Waals surface area contributed by atoms with Gasteiger partial charge in [-0.1, -0.05) is 36.4 Å². The zero-order chi connectivity index (χ0) is 12.4. The summed E-state index contributed by atoms with van der Waals surface area (Å²) in [7, 11) is 0. The summed E-state index contributed by atoms with van der Waals surface area (Å²) in [6, 6.07) is 17.1. The maximum atomic E-state index is 3.48. The van der Waals surface area contributed by atoms with Gasteiger partial charge >= 0.3 is 0 Å². The lowest BCUT2D eigenvalue weighted by Gasteiger charge is -2.30. The summed E-state index contributed by atoms with van der Waals surface area (Å²) in [5, 5.41) is 3.48. The standard InChI is InChI=1S/C15H15IN2/c16-14-7-3-1-5-12(14)9-18-10-13-6-2-4-8-15(13)17-11-18/h1-8,17H,9-11H2. The van der Waals surface area contributed by atoms with Gasteiger partial charge in [-0.15, -0.1) is 0 Å². The first kappa shape index (κ1) is 12.0. The normalized spacial score (nSPS) is 14.9. The molecule has 0 saturated heterocycles. The van der Waals surface area contributed by atoms with Gasteiger partial charge in [-0.2, -0.15) is 0 Å². The van der Waals surface area contributed by atoms with Gasteiger partial charge < -0.3 is 5.32 Å². The van der Waals surface area contributed by atoms with Crippen LogP contribution < -0.4 is 5.32 Å². The van der Waals surface area contributed by atoms with Gasteiger partial charge in [-0.3, -0.25) is 4.90 Å². The minimum Gasteiger partial charge on any atom is -0.372 e. The van der Waals surface area contributed by atoms with Gasteiger partial charge in [-0.25, -0.2) is 0 Å². The van der Waals surface area contributed by atoms with E-state index in [0.717, 1.165) is 19.8 Å². The molecule has 92 valence electrons. The van der Waals surface area contributed by atoms with Gasteiger partial charge in [0.15, 0.2) is 0 Å². The van der Waals surface area contributed by atoms with E-state index in [1.54, 1.807) is 0 Å². The summed E-state index contributed by atoms with van der Waals surface area (Å²) < 4.78 is 1.34. The fourth-order valence-corrected chi connectivity index (χ4v) is 2.86. The van der Waals surface area contributed by atoms with Gasteiger partial charge in [0, 0.05) is 22.3 Å². The third-order valence-electron chi connectivity index (χ3n) is 3.26. The zero-order valence-corrected chi connectivity index (χ0v) is 12.2. The van der Waals surface area contributed by atoms with E-state index in [-0.39, 0.29) is 0 Å². The van der Waals surface area contributed by atoms with Crippen LogP contribution in [0.3, 0.4) is 0 Å². The van der Waals surface area contributed by atoms with Crippen LogP contribution in [0.2, 0.25) is 0 Å². The summed E-state index contributed by atoms with van der Waals surface area (Å²) in [6.07, 6.45) is 0. The number of nitrogens with one attached hydrogen (secondary N) is 1. The Hall–Kier alpha value is -1.07. The van der Waals surface area contributed by atoms with E-state index in [0.29, 0.717) is 0 Å². The summed E-state index contributed by atoms with van der Waals surface area (Å²) in [5.74, 6) is 0. The average molecular weight is 350 g/mol. The van der Waals surface area contributed by atoms with Crippen molar-refractivity contribution in [2.45, 2.75) is 13.1 Å². The van der Waals surface area contributed by atoms with Crippen molar-refractivity contribution in [1.29, 1.82) is 0 Å². The molecule has 1 aliphatic heterocycles. The van der Waals surface area contributed by atoms with Crippen LogP contribution in [0.25, 0.3) is 0 Å². The Bertz CT molecular complexity index is 554. The van der Waals surface area contributed by atoms with Crippen LogP contribution in [0.4, 0.5) is 5.69 Å². The highest BCUT2D eigenvalue weighted by molar-refractivity contribution is 14.1. The number of fused-ring (bicyclic) bond motifs is 1. The average Bonchev–Trinajstić information content (AvgIpc) is 2.41. The van der Waals surface area contributed by atoms with E-state index in [2.05, 4.69) is 81.3 Å². The SMILES string of the molecule is Ic1ccccc1CN1CNc2ccccc2C1. The number of benzene rings is 2. The molecule has 1 heterocycles. The molecule has 0 aliphatic carbocycles. The van der Waals surface area contributed by atoms with E-state index in [9.17, 15) is 0 Å². The van der Waals surface area contributed by atoms with Crippen LogP contribution in [-0.2, 0) is 13.1 Å². The van der Waals surface area contributed by atoms with Crippen molar-refractivity contribution in [3.8, 4) is 0 Å². The summed E-state index contributed by atoms with van der Waals surface area (Å²) >= 11 is 2.41. The highest BCUT2D eigenvalue weighted by Crippen LogP contribution is 2.23. The Morgan fingerprint density at radius 2 is 1.83 bits per heavy atom. The molecule has 18 heavy (non-hydrogen) atoms. The molecular formula is C15H15IN2. The highest BCUT2D eigenvalue weighted by atomic mass is 127. The number of rotatable bonds is 2. The molecule has 1 aliphatic rings. The van der Waals surface area contributed by atoms with E-state index < -0.39 is 0 Å². The van der Waals surface area contributed by atoms with Crippen molar-refractivity contribution in [3.63, 3.8) is 0 Å². The number of nitrogens with zero attached hydrogens (tertiary/aromatic N) is 1. The molecule has 0 bridgehead atoms. The van der Waals surface area contributed by atoms with E-state index in [1.807, 2.05) is 0 Å². The Labute approximate surface area is 121 Å². The molecule has 2 nitrogen and oxygen atoms in total. The van der Waals surface area contributed by atoms with Crippen LogP contribution in [0.15, 0.2) is 48.5 Å². The zero-order valence-electron chi connectivity index (χ0n) is 10.1. The van der Waals surface area contributed by atoms with Gasteiger partial charge in [0.25, 0.3) is 0 Å². The lowest BCUT2D eigenvalue weighted by molar-refractivity contribution is 0.267. The molecule has 0 spiro atoms. The molecule has 0 radical (unpaired) electrons. The third kappa shape index (κ3) is 2.52. The predicted molar refractivity (Wildman–Crippen MR) is 83.3 cm³/mol. The van der Waals surface area contributed by atoms with E-state index in [1.165, 1.54) is 20.4 Å². The molecule has 0 saturated carbocycles. The van der Waals surface area contributed by atoms with Gasteiger partial charge in [0.05, 0.1) is 6.67 Å². The fourth-order valence-electron chi connectivity index (χ4n) is 2.30. The molecule has 3 rings (SSSR count). The molecule has 0 unspecified atom stereocenters. The van der Waals surface area contributed by atoms with Crippen molar-refractivity contribution < 1.29 is 0 Å². The van der Waals surface area contributed by atoms with Crippen molar-refractivity contribution in [3.05, 3.63) is 63.2 Å². The molecule has 2 aromatic rings. The molecule has 0 fully saturated rings. The van der Waals surface area contributed by atoms with Crippen LogP contribution in [0.1, 0.15) is 11.1 Å². The van der Waals surface area contributed by atoms with E-state index in [4.69, 9.17) is 0 Å². The molecule has 3 heteroatoms. The maximum Gasteiger partial charge on any atom is 0.0684 e. The number of hydrogen-bond acceptors (Lipinski definition) is 2. The van der Waals surface area contributed by atoms with Crippen molar-refractivity contribution in [2.75, 3.05) is 12.0 Å². The molecule has 0 amide bonds.